The molecule has 5 nitrogen and oxygen atoms in total. The van der Waals surface area contributed by atoms with Crippen molar-refractivity contribution in [1.82, 2.24) is 15.1 Å². The van der Waals surface area contributed by atoms with E-state index >= 15 is 0 Å². The van der Waals surface area contributed by atoms with Crippen molar-refractivity contribution in [3.05, 3.63) is 0 Å². The number of hydrogen-bond donors (Lipinski definition) is 1. The predicted octanol–water partition coefficient (Wildman–Crippen LogP) is 1.29. The van der Waals surface area contributed by atoms with Gasteiger partial charge in [0.25, 0.3) is 0 Å². The monoisotopic (exact) mass is 255 g/mol. The van der Waals surface area contributed by atoms with Crippen LogP contribution in [0.4, 0.5) is 4.79 Å². The molecule has 0 radical (unpaired) electrons. The summed E-state index contributed by atoms with van der Waals surface area (Å²) in [4.78, 5) is 27.3. The first-order valence-electron chi connectivity index (χ1n) is 6.76. The minimum Gasteiger partial charge on any atom is -0.344 e. The second-order valence-electron chi connectivity index (χ2n) is 5.22. The fraction of sp³-hybridized carbons (Fsp3) is 0.846. The smallest absolute Gasteiger partial charge is 0.318 e. The average Bonchev–Trinajstić information content (AvgIpc) is 2.36. The van der Waals surface area contributed by atoms with Crippen molar-refractivity contribution in [1.29, 1.82) is 0 Å². The summed E-state index contributed by atoms with van der Waals surface area (Å²) < 4.78 is 0. The van der Waals surface area contributed by atoms with Crippen molar-refractivity contribution in [2.75, 3.05) is 26.7 Å². The molecule has 1 heterocycles. The summed E-state index contributed by atoms with van der Waals surface area (Å²) in [6, 6.07) is -0.577. The Morgan fingerprint density at radius 1 is 1.50 bits per heavy atom. The first kappa shape index (κ1) is 14.8. The van der Waals surface area contributed by atoms with Crippen LogP contribution in [-0.4, -0.2) is 54.5 Å². The van der Waals surface area contributed by atoms with Gasteiger partial charge in [0.1, 0.15) is 6.04 Å². The van der Waals surface area contributed by atoms with Gasteiger partial charge in [0.2, 0.25) is 5.91 Å². The van der Waals surface area contributed by atoms with Crippen LogP contribution in [0.2, 0.25) is 0 Å². The summed E-state index contributed by atoms with van der Waals surface area (Å²) in [5.41, 5.74) is 0. The Bertz CT molecular complexity index is 307. The van der Waals surface area contributed by atoms with Gasteiger partial charge in [-0.25, -0.2) is 4.79 Å². The van der Waals surface area contributed by atoms with Gasteiger partial charge in [0.05, 0.1) is 0 Å². The van der Waals surface area contributed by atoms with E-state index in [0.717, 1.165) is 19.5 Å². The number of carbonyl (C=O) groups excluding carboxylic acids is 2. The Hall–Kier alpha value is -1.26. The highest BCUT2D eigenvalue weighted by molar-refractivity contribution is 5.86. The van der Waals surface area contributed by atoms with Gasteiger partial charge in [-0.15, -0.1) is 0 Å². The number of hydrogen-bond acceptors (Lipinski definition) is 2. The van der Waals surface area contributed by atoms with Crippen LogP contribution >= 0.6 is 0 Å². The summed E-state index contributed by atoms with van der Waals surface area (Å²) in [5, 5.41) is 2.78. The van der Waals surface area contributed by atoms with Gasteiger partial charge in [-0.3, -0.25) is 4.79 Å². The highest BCUT2D eigenvalue weighted by Gasteiger charge is 2.24. The average molecular weight is 255 g/mol. The highest BCUT2D eigenvalue weighted by Crippen LogP contribution is 2.15. The molecule has 2 atom stereocenters. The predicted molar refractivity (Wildman–Crippen MR) is 71.3 cm³/mol. The largest absolute Gasteiger partial charge is 0.344 e. The zero-order chi connectivity index (χ0) is 13.7. The minimum atomic E-state index is -0.459. The lowest BCUT2D eigenvalue weighted by Gasteiger charge is -2.32. The number of likely N-dealkylation sites (tertiary alicyclic amines) is 1. The molecular formula is C13H25N3O2. The van der Waals surface area contributed by atoms with Gasteiger partial charge in [0.15, 0.2) is 0 Å². The minimum absolute atomic E-state index is 0.0455. The molecule has 5 heteroatoms. The van der Waals surface area contributed by atoms with Crippen LogP contribution in [0.5, 0.6) is 0 Å². The van der Waals surface area contributed by atoms with Crippen molar-refractivity contribution in [2.24, 2.45) is 5.92 Å². The molecular weight excluding hydrogens is 230 g/mol. The van der Waals surface area contributed by atoms with Crippen molar-refractivity contribution in [2.45, 2.75) is 39.7 Å². The molecule has 1 fully saturated rings. The number of rotatable bonds is 3. The van der Waals surface area contributed by atoms with Crippen LogP contribution in [-0.2, 0) is 4.79 Å². The van der Waals surface area contributed by atoms with Crippen LogP contribution in [0.25, 0.3) is 0 Å². The van der Waals surface area contributed by atoms with Gasteiger partial charge in [0, 0.05) is 26.7 Å². The van der Waals surface area contributed by atoms with Gasteiger partial charge in [-0.05, 0) is 32.6 Å². The fourth-order valence-electron chi connectivity index (χ4n) is 2.20. The van der Waals surface area contributed by atoms with Gasteiger partial charge in [-0.1, -0.05) is 6.92 Å². The van der Waals surface area contributed by atoms with E-state index in [4.69, 9.17) is 0 Å². The standard InChI is InChI=1S/C13H25N3O2/c1-5-15(4)12(17)11(3)14-13(18)16-8-6-7-10(2)9-16/h10-11H,5-9H2,1-4H3,(H,14,18). The number of amides is 3. The maximum Gasteiger partial charge on any atom is 0.318 e. The lowest BCUT2D eigenvalue weighted by atomic mass is 10.0. The van der Waals surface area contributed by atoms with Crippen molar-refractivity contribution in [3.63, 3.8) is 0 Å². The van der Waals surface area contributed by atoms with Crippen LogP contribution in [0.3, 0.4) is 0 Å². The molecule has 18 heavy (non-hydrogen) atoms. The lowest BCUT2D eigenvalue weighted by molar-refractivity contribution is -0.131. The third-order valence-electron chi connectivity index (χ3n) is 3.51. The van der Waals surface area contributed by atoms with E-state index in [0.29, 0.717) is 12.5 Å². The zero-order valence-electron chi connectivity index (χ0n) is 11.9. The molecule has 1 N–H and O–H groups in total. The molecule has 1 saturated heterocycles. The van der Waals surface area contributed by atoms with Crippen molar-refractivity contribution < 1.29 is 9.59 Å². The quantitative estimate of drug-likeness (QED) is 0.826. The molecule has 2 unspecified atom stereocenters. The Balaban J connectivity index is 2.46. The zero-order valence-corrected chi connectivity index (χ0v) is 11.9. The van der Waals surface area contributed by atoms with E-state index in [-0.39, 0.29) is 11.9 Å². The summed E-state index contributed by atoms with van der Waals surface area (Å²) in [6.45, 7) is 8.04. The molecule has 1 aliphatic rings. The topological polar surface area (TPSA) is 52.7 Å². The van der Waals surface area contributed by atoms with Crippen LogP contribution < -0.4 is 5.32 Å². The van der Waals surface area contributed by atoms with Gasteiger partial charge < -0.3 is 15.1 Å². The summed E-state index contributed by atoms with van der Waals surface area (Å²) in [7, 11) is 1.74. The third kappa shape index (κ3) is 3.89. The van der Waals surface area contributed by atoms with E-state index in [1.165, 1.54) is 6.42 Å². The maximum absolute atomic E-state index is 12.0. The molecule has 3 amide bonds. The number of likely N-dealkylation sites (N-methyl/N-ethyl adjacent to an activating group) is 1. The van der Waals surface area contributed by atoms with Gasteiger partial charge >= 0.3 is 6.03 Å². The lowest BCUT2D eigenvalue weighted by Crippen LogP contribution is -2.52. The highest BCUT2D eigenvalue weighted by atomic mass is 16.2. The molecule has 0 aromatic carbocycles. The van der Waals surface area contributed by atoms with E-state index < -0.39 is 6.04 Å². The molecule has 0 saturated carbocycles. The Morgan fingerprint density at radius 3 is 2.72 bits per heavy atom. The number of carbonyl (C=O) groups is 2. The first-order valence-corrected chi connectivity index (χ1v) is 6.76. The maximum atomic E-state index is 12.0. The molecule has 1 rings (SSSR count). The van der Waals surface area contributed by atoms with E-state index in [1.807, 2.05) is 11.8 Å². The van der Waals surface area contributed by atoms with Crippen LogP contribution in [0.15, 0.2) is 0 Å². The van der Waals surface area contributed by atoms with E-state index in [2.05, 4.69) is 12.2 Å². The molecule has 0 bridgehead atoms. The van der Waals surface area contributed by atoms with Crippen LogP contribution in [0, 0.1) is 5.92 Å². The first-order chi connectivity index (χ1) is 8.45. The second-order valence-corrected chi connectivity index (χ2v) is 5.22. The normalized spacial score (nSPS) is 21.3. The Morgan fingerprint density at radius 2 is 2.17 bits per heavy atom. The summed E-state index contributed by atoms with van der Waals surface area (Å²) in [6.07, 6.45) is 2.22. The third-order valence-corrected chi connectivity index (χ3v) is 3.51. The van der Waals surface area contributed by atoms with E-state index in [9.17, 15) is 9.59 Å². The van der Waals surface area contributed by atoms with Gasteiger partial charge in [-0.2, -0.15) is 0 Å². The number of piperidine rings is 1. The summed E-state index contributed by atoms with van der Waals surface area (Å²) in [5.74, 6) is 0.504. The Labute approximate surface area is 110 Å². The summed E-state index contributed by atoms with van der Waals surface area (Å²) >= 11 is 0. The molecule has 0 aliphatic carbocycles. The van der Waals surface area contributed by atoms with Crippen LogP contribution in [0.1, 0.15) is 33.6 Å². The number of nitrogens with one attached hydrogen (secondary N) is 1. The number of nitrogens with zero attached hydrogens (tertiary/aromatic N) is 2. The fourth-order valence-corrected chi connectivity index (χ4v) is 2.20. The molecule has 0 aromatic heterocycles. The second kappa shape index (κ2) is 6.61. The molecule has 104 valence electrons. The molecule has 1 aliphatic heterocycles. The number of urea groups is 1. The molecule has 0 aromatic rings. The van der Waals surface area contributed by atoms with Crippen molar-refractivity contribution >= 4 is 11.9 Å². The molecule has 0 spiro atoms. The van der Waals surface area contributed by atoms with E-state index in [1.54, 1.807) is 18.9 Å². The SMILES string of the molecule is CCN(C)C(=O)C(C)NC(=O)N1CCCC(C)C1. The Kier molecular flexibility index (Phi) is 5.44. The van der Waals surface area contributed by atoms with Crippen molar-refractivity contribution in [3.8, 4) is 0 Å².